The molecule has 1 aromatic rings. The molecule has 0 radical (unpaired) electrons. The number of aliphatic carboxylic acids is 1. The van der Waals surface area contributed by atoms with Gasteiger partial charge in [0.2, 0.25) is 0 Å². The number of carbonyl (C=O) groups is 1. The molecule has 1 heterocycles. The number of anilines is 1. The minimum Gasteiger partial charge on any atom is -0.481 e. The largest absolute Gasteiger partial charge is 0.481 e. The molecule has 0 aliphatic rings. The summed E-state index contributed by atoms with van der Waals surface area (Å²) in [7, 11) is 3.68. The fourth-order valence-corrected chi connectivity index (χ4v) is 1.04. The Morgan fingerprint density at radius 1 is 1.64 bits per heavy atom. The summed E-state index contributed by atoms with van der Waals surface area (Å²) in [5.41, 5.74) is 0.801. The van der Waals surface area contributed by atoms with E-state index in [1.54, 1.807) is 11.2 Å². The molecule has 1 N–H and O–H groups in total. The van der Waals surface area contributed by atoms with E-state index < -0.39 is 5.97 Å². The first-order valence-electron chi connectivity index (χ1n) is 4.43. The Morgan fingerprint density at radius 3 is 2.86 bits per heavy atom. The first-order valence-corrected chi connectivity index (χ1v) is 4.43. The van der Waals surface area contributed by atoms with Crippen LogP contribution in [0.3, 0.4) is 0 Å². The lowest BCUT2D eigenvalue weighted by molar-refractivity contribution is -0.137. The van der Waals surface area contributed by atoms with E-state index in [9.17, 15) is 4.79 Å². The molecule has 0 aliphatic heterocycles. The van der Waals surface area contributed by atoms with Gasteiger partial charge in [0.05, 0.1) is 5.69 Å². The minimum atomic E-state index is -0.777. The van der Waals surface area contributed by atoms with Gasteiger partial charge >= 0.3 is 5.97 Å². The van der Waals surface area contributed by atoms with Crippen molar-refractivity contribution in [1.29, 1.82) is 0 Å². The van der Waals surface area contributed by atoms with Gasteiger partial charge in [0.1, 0.15) is 6.26 Å². The van der Waals surface area contributed by atoms with Crippen LogP contribution in [-0.2, 0) is 11.2 Å². The van der Waals surface area contributed by atoms with E-state index in [1.165, 1.54) is 0 Å². The van der Waals surface area contributed by atoms with Crippen LogP contribution in [0, 0.1) is 0 Å². The fourth-order valence-electron chi connectivity index (χ4n) is 1.04. The van der Waals surface area contributed by atoms with E-state index >= 15 is 0 Å². The molecule has 0 fully saturated rings. The zero-order chi connectivity index (χ0) is 10.6. The molecule has 1 rings (SSSR count). The van der Waals surface area contributed by atoms with Crippen molar-refractivity contribution in [3.63, 3.8) is 0 Å². The highest BCUT2D eigenvalue weighted by Crippen LogP contribution is 2.12. The second-order valence-corrected chi connectivity index (χ2v) is 3.26. The van der Waals surface area contributed by atoms with Gasteiger partial charge in [0.25, 0.3) is 6.01 Å². The lowest BCUT2D eigenvalue weighted by atomic mass is 10.2. The highest BCUT2D eigenvalue weighted by atomic mass is 16.4. The molecule has 5 nitrogen and oxygen atoms in total. The maximum atomic E-state index is 10.3. The minimum absolute atomic E-state index is 0.171. The Hall–Kier alpha value is -1.52. The molecule has 78 valence electrons. The average Bonchev–Trinajstić information content (AvgIpc) is 2.52. The van der Waals surface area contributed by atoms with Crippen LogP contribution in [0.25, 0.3) is 0 Å². The number of hydrogen-bond donors (Lipinski definition) is 1. The number of hydrogen-bond acceptors (Lipinski definition) is 4. The Bertz CT molecular complexity index is 307. The molecule has 0 saturated carbocycles. The van der Waals surface area contributed by atoms with Gasteiger partial charge in [-0.15, -0.1) is 0 Å². The third-order valence-electron chi connectivity index (χ3n) is 1.75. The van der Waals surface area contributed by atoms with Crippen molar-refractivity contribution in [2.45, 2.75) is 19.3 Å². The molecule has 0 bridgehead atoms. The first-order chi connectivity index (χ1) is 6.59. The van der Waals surface area contributed by atoms with Gasteiger partial charge in [0, 0.05) is 20.5 Å². The Balaban J connectivity index is 2.40. The normalized spacial score (nSPS) is 10.1. The van der Waals surface area contributed by atoms with E-state index in [0.717, 1.165) is 5.69 Å². The molecule has 5 heteroatoms. The van der Waals surface area contributed by atoms with Crippen molar-refractivity contribution in [2.24, 2.45) is 0 Å². The quantitative estimate of drug-likeness (QED) is 0.768. The summed E-state index contributed by atoms with van der Waals surface area (Å²) < 4.78 is 5.15. The summed E-state index contributed by atoms with van der Waals surface area (Å²) in [4.78, 5) is 16.2. The number of carboxylic acid groups (broad SMARTS) is 1. The summed E-state index contributed by atoms with van der Waals surface area (Å²) in [6.45, 7) is 0. The third kappa shape index (κ3) is 3.08. The van der Waals surface area contributed by atoms with Gasteiger partial charge in [0.15, 0.2) is 0 Å². The topological polar surface area (TPSA) is 66.6 Å². The monoisotopic (exact) mass is 198 g/mol. The van der Waals surface area contributed by atoms with Crippen molar-refractivity contribution >= 4 is 12.0 Å². The molecule has 0 atom stereocenters. The fraction of sp³-hybridized carbons (Fsp3) is 0.556. The third-order valence-corrected chi connectivity index (χ3v) is 1.75. The second kappa shape index (κ2) is 4.64. The maximum absolute atomic E-state index is 10.3. The van der Waals surface area contributed by atoms with Crippen molar-refractivity contribution < 1.29 is 14.3 Å². The van der Waals surface area contributed by atoms with E-state index in [1.807, 2.05) is 14.1 Å². The second-order valence-electron chi connectivity index (χ2n) is 3.26. The number of aromatic nitrogens is 1. The molecular weight excluding hydrogens is 184 g/mol. The lowest BCUT2D eigenvalue weighted by Gasteiger charge is -2.03. The van der Waals surface area contributed by atoms with Crippen molar-refractivity contribution in [3.8, 4) is 0 Å². The van der Waals surface area contributed by atoms with Crippen LogP contribution in [0.1, 0.15) is 18.5 Å². The molecule has 0 amide bonds. The van der Waals surface area contributed by atoms with Gasteiger partial charge in [-0.1, -0.05) is 0 Å². The van der Waals surface area contributed by atoms with Crippen LogP contribution >= 0.6 is 0 Å². The number of nitrogens with zero attached hydrogens (tertiary/aromatic N) is 2. The number of carboxylic acids is 1. The van der Waals surface area contributed by atoms with Gasteiger partial charge < -0.3 is 14.4 Å². The Kier molecular flexibility index (Phi) is 3.50. The molecule has 0 spiro atoms. The van der Waals surface area contributed by atoms with Crippen LogP contribution < -0.4 is 4.90 Å². The van der Waals surface area contributed by atoms with Crippen molar-refractivity contribution in [3.05, 3.63) is 12.0 Å². The summed E-state index contributed by atoms with van der Waals surface area (Å²) in [5.74, 6) is -0.777. The molecule has 0 unspecified atom stereocenters. The number of aryl methyl sites for hydroxylation is 1. The zero-order valence-corrected chi connectivity index (χ0v) is 8.36. The molecule has 0 aliphatic carbocycles. The van der Waals surface area contributed by atoms with E-state index in [2.05, 4.69) is 4.98 Å². The van der Waals surface area contributed by atoms with Gasteiger partial charge in [-0.25, -0.2) is 0 Å². The summed E-state index contributed by atoms with van der Waals surface area (Å²) in [6.07, 6.45) is 2.97. The zero-order valence-electron chi connectivity index (χ0n) is 8.36. The molecule has 0 aromatic carbocycles. The molecule has 14 heavy (non-hydrogen) atoms. The van der Waals surface area contributed by atoms with E-state index in [-0.39, 0.29) is 6.42 Å². The smallest absolute Gasteiger partial charge is 0.303 e. The molecule has 0 saturated heterocycles. The highest BCUT2D eigenvalue weighted by Gasteiger charge is 2.05. The van der Waals surface area contributed by atoms with Crippen LogP contribution in [0.5, 0.6) is 0 Å². The van der Waals surface area contributed by atoms with Crippen LogP contribution in [0.15, 0.2) is 10.7 Å². The van der Waals surface area contributed by atoms with Gasteiger partial charge in [-0.3, -0.25) is 4.79 Å². The van der Waals surface area contributed by atoms with Crippen LogP contribution in [0.4, 0.5) is 6.01 Å². The number of oxazole rings is 1. The summed E-state index contributed by atoms with van der Waals surface area (Å²) >= 11 is 0. The highest BCUT2D eigenvalue weighted by molar-refractivity contribution is 5.66. The average molecular weight is 198 g/mol. The summed E-state index contributed by atoms with van der Waals surface area (Å²) in [6, 6.07) is 0.551. The van der Waals surface area contributed by atoms with Crippen molar-refractivity contribution in [1.82, 2.24) is 4.98 Å². The van der Waals surface area contributed by atoms with Crippen LogP contribution in [0.2, 0.25) is 0 Å². The predicted octanol–water partition coefficient (Wildman–Crippen LogP) is 1.15. The van der Waals surface area contributed by atoms with E-state index in [0.29, 0.717) is 18.9 Å². The first kappa shape index (κ1) is 10.6. The van der Waals surface area contributed by atoms with Crippen LogP contribution in [-0.4, -0.2) is 30.2 Å². The Morgan fingerprint density at radius 2 is 2.36 bits per heavy atom. The lowest BCUT2D eigenvalue weighted by Crippen LogP contribution is -2.08. The maximum Gasteiger partial charge on any atom is 0.303 e. The standard InChI is InChI=1S/C9H14N2O3/c1-11(2)9-10-7(6-14-9)4-3-5-8(12)13/h6H,3-5H2,1-2H3,(H,12,13). The Labute approximate surface area is 82.4 Å². The number of rotatable bonds is 5. The molecule has 1 aromatic heterocycles. The SMILES string of the molecule is CN(C)c1nc(CCCC(=O)O)co1. The van der Waals surface area contributed by atoms with E-state index in [4.69, 9.17) is 9.52 Å². The predicted molar refractivity (Wildman–Crippen MR) is 51.4 cm³/mol. The van der Waals surface area contributed by atoms with Crippen molar-refractivity contribution in [2.75, 3.05) is 19.0 Å². The van der Waals surface area contributed by atoms with Gasteiger partial charge in [-0.2, -0.15) is 4.98 Å². The van der Waals surface area contributed by atoms with Gasteiger partial charge in [-0.05, 0) is 12.8 Å². The summed E-state index contributed by atoms with van der Waals surface area (Å²) in [5, 5.41) is 8.43. The molecular formula is C9H14N2O3.